The molecule has 2 aliphatic rings. The van der Waals surface area contributed by atoms with Crippen molar-refractivity contribution < 1.29 is 4.74 Å². The van der Waals surface area contributed by atoms with Crippen molar-refractivity contribution in [2.75, 3.05) is 19.8 Å². The van der Waals surface area contributed by atoms with Gasteiger partial charge in [0.15, 0.2) is 0 Å². The quantitative estimate of drug-likeness (QED) is 0.671. The summed E-state index contributed by atoms with van der Waals surface area (Å²) in [7, 11) is 0. The maximum Gasteiger partial charge on any atom is 0.0621 e. The van der Waals surface area contributed by atoms with E-state index in [1.54, 1.807) is 0 Å². The standard InChI is InChI=1S/C10H20N2O/c1-10(3-2-4-10)12-5-8-6-13-7-9(8)11/h8-9,12H,2-7,11H2,1H3. The monoisotopic (exact) mass is 184 g/mol. The Morgan fingerprint density at radius 3 is 2.69 bits per heavy atom. The fraction of sp³-hybridized carbons (Fsp3) is 1.00. The predicted octanol–water partition coefficient (Wildman–Crippen LogP) is 0.492. The first-order chi connectivity index (χ1) is 6.20. The maximum atomic E-state index is 5.90. The normalized spacial score (nSPS) is 37.4. The largest absolute Gasteiger partial charge is 0.379 e. The highest BCUT2D eigenvalue weighted by atomic mass is 16.5. The summed E-state index contributed by atoms with van der Waals surface area (Å²) in [6, 6.07) is 0.246. The summed E-state index contributed by atoms with van der Waals surface area (Å²) in [5.41, 5.74) is 6.31. The molecule has 76 valence electrons. The van der Waals surface area contributed by atoms with Crippen LogP contribution in [0.2, 0.25) is 0 Å². The van der Waals surface area contributed by atoms with Gasteiger partial charge in [0, 0.05) is 24.0 Å². The van der Waals surface area contributed by atoms with Crippen molar-refractivity contribution in [1.29, 1.82) is 0 Å². The van der Waals surface area contributed by atoms with E-state index in [0.29, 0.717) is 11.5 Å². The van der Waals surface area contributed by atoms with Crippen molar-refractivity contribution in [2.24, 2.45) is 11.7 Å². The molecule has 0 spiro atoms. The number of nitrogens with two attached hydrogens (primary N) is 1. The van der Waals surface area contributed by atoms with Gasteiger partial charge in [0.2, 0.25) is 0 Å². The lowest BCUT2D eigenvalue weighted by Gasteiger charge is -2.40. The molecule has 0 amide bonds. The van der Waals surface area contributed by atoms with E-state index in [2.05, 4.69) is 12.2 Å². The zero-order valence-corrected chi connectivity index (χ0v) is 8.38. The fourth-order valence-corrected chi connectivity index (χ4v) is 2.09. The molecule has 0 radical (unpaired) electrons. The highest BCUT2D eigenvalue weighted by Crippen LogP contribution is 2.31. The van der Waals surface area contributed by atoms with Crippen LogP contribution in [0.5, 0.6) is 0 Å². The molecule has 0 aromatic carbocycles. The Bertz CT molecular complexity index is 180. The van der Waals surface area contributed by atoms with E-state index in [1.807, 2.05) is 0 Å². The van der Waals surface area contributed by atoms with E-state index >= 15 is 0 Å². The number of nitrogens with one attached hydrogen (secondary N) is 1. The maximum absolute atomic E-state index is 5.90. The van der Waals surface area contributed by atoms with E-state index < -0.39 is 0 Å². The molecule has 3 N–H and O–H groups in total. The Balaban J connectivity index is 1.72. The van der Waals surface area contributed by atoms with Crippen LogP contribution in [0.1, 0.15) is 26.2 Å². The number of hydrogen-bond acceptors (Lipinski definition) is 3. The van der Waals surface area contributed by atoms with Crippen LogP contribution in [0.3, 0.4) is 0 Å². The second-order valence-corrected chi connectivity index (χ2v) is 4.76. The molecule has 0 aromatic rings. The van der Waals surface area contributed by atoms with E-state index in [-0.39, 0.29) is 6.04 Å². The van der Waals surface area contributed by atoms with Gasteiger partial charge in [-0.2, -0.15) is 0 Å². The molecule has 3 heteroatoms. The van der Waals surface area contributed by atoms with Crippen molar-refractivity contribution >= 4 is 0 Å². The van der Waals surface area contributed by atoms with Crippen LogP contribution >= 0.6 is 0 Å². The van der Waals surface area contributed by atoms with E-state index in [4.69, 9.17) is 10.5 Å². The van der Waals surface area contributed by atoms with Crippen LogP contribution < -0.4 is 11.1 Å². The molecule has 2 fully saturated rings. The van der Waals surface area contributed by atoms with Crippen LogP contribution in [-0.4, -0.2) is 31.3 Å². The second-order valence-electron chi connectivity index (χ2n) is 4.76. The second kappa shape index (κ2) is 3.56. The van der Waals surface area contributed by atoms with Gasteiger partial charge in [-0.25, -0.2) is 0 Å². The first kappa shape index (κ1) is 9.44. The molecule has 1 saturated heterocycles. The van der Waals surface area contributed by atoms with Crippen LogP contribution in [0.4, 0.5) is 0 Å². The molecule has 2 rings (SSSR count). The van der Waals surface area contributed by atoms with Crippen LogP contribution in [0.25, 0.3) is 0 Å². The van der Waals surface area contributed by atoms with Gasteiger partial charge < -0.3 is 15.8 Å². The molecule has 2 atom stereocenters. The number of ether oxygens (including phenoxy) is 1. The number of hydrogen-bond donors (Lipinski definition) is 2. The molecule has 1 saturated carbocycles. The van der Waals surface area contributed by atoms with Gasteiger partial charge in [0.1, 0.15) is 0 Å². The molecular weight excluding hydrogens is 164 g/mol. The van der Waals surface area contributed by atoms with E-state index in [1.165, 1.54) is 19.3 Å². The summed E-state index contributed by atoms with van der Waals surface area (Å²) in [5.74, 6) is 0.525. The van der Waals surface area contributed by atoms with Gasteiger partial charge in [-0.05, 0) is 26.2 Å². The smallest absolute Gasteiger partial charge is 0.0621 e. The Morgan fingerprint density at radius 1 is 1.46 bits per heavy atom. The van der Waals surface area contributed by atoms with Gasteiger partial charge in [-0.15, -0.1) is 0 Å². The van der Waals surface area contributed by atoms with Crippen molar-refractivity contribution in [3.63, 3.8) is 0 Å². The average molecular weight is 184 g/mol. The number of rotatable bonds is 3. The fourth-order valence-electron chi connectivity index (χ4n) is 2.09. The minimum atomic E-state index is 0.246. The zero-order valence-electron chi connectivity index (χ0n) is 8.38. The molecule has 3 nitrogen and oxygen atoms in total. The van der Waals surface area contributed by atoms with Gasteiger partial charge in [0.25, 0.3) is 0 Å². The third-order valence-electron chi connectivity index (χ3n) is 3.50. The van der Waals surface area contributed by atoms with Gasteiger partial charge >= 0.3 is 0 Å². The summed E-state index contributed by atoms with van der Waals surface area (Å²) in [5, 5.41) is 3.61. The summed E-state index contributed by atoms with van der Waals surface area (Å²) >= 11 is 0. The highest BCUT2D eigenvalue weighted by Gasteiger charge is 2.33. The Labute approximate surface area is 80.0 Å². The summed E-state index contributed by atoms with van der Waals surface area (Å²) in [6.07, 6.45) is 4.00. The molecular formula is C10H20N2O. The topological polar surface area (TPSA) is 47.3 Å². The highest BCUT2D eigenvalue weighted by molar-refractivity contribution is 4.93. The van der Waals surface area contributed by atoms with Crippen LogP contribution in [-0.2, 0) is 4.74 Å². The Kier molecular flexibility index (Phi) is 2.58. The molecule has 13 heavy (non-hydrogen) atoms. The van der Waals surface area contributed by atoms with Crippen molar-refractivity contribution in [3.05, 3.63) is 0 Å². The lowest BCUT2D eigenvalue weighted by Crippen LogP contribution is -2.51. The molecule has 0 aromatic heterocycles. The minimum absolute atomic E-state index is 0.246. The first-order valence-electron chi connectivity index (χ1n) is 5.28. The van der Waals surface area contributed by atoms with Crippen molar-refractivity contribution in [2.45, 2.75) is 37.8 Å². The van der Waals surface area contributed by atoms with Crippen molar-refractivity contribution in [1.82, 2.24) is 5.32 Å². The van der Waals surface area contributed by atoms with E-state index in [0.717, 1.165) is 19.8 Å². The van der Waals surface area contributed by atoms with Crippen LogP contribution in [0.15, 0.2) is 0 Å². The van der Waals surface area contributed by atoms with Gasteiger partial charge in [0.05, 0.1) is 13.2 Å². The van der Waals surface area contributed by atoms with Crippen molar-refractivity contribution in [3.8, 4) is 0 Å². The predicted molar refractivity (Wildman–Crippen MR) is 52.5 cm³/mol. The molecule has 1 aliphatic carbocycles. The third-order valence-corrected chi connectivity index (χ3v) is 3.50. The molecule has 1 heterocycles. The average Bonchev–Trinajstić information content (AvgIpc) is 2.44. The summed E-state index contributed by atoms with van der Waals surface area (Å²) in [6.45, 7) is 4.91. The van der Waals surface area contributed by atoms with Crippen LogP contribution in [0, 0.1) is 5.92 Å². The lowest BCUT2D eigenvalue weighted by molar-refractivity contribution is 0.169. The Hall–Kier alpha value is -0.120. The minimum Gasteiger partial charge on any atom is -0.379 e. The zero-order chi connectivity index (χ0) is 9.31. The summed E-state index contributed by atoms with van der Waals surface area (Å²) in [4.78, 5) is 0. The molecule has 1 aliphatic heterocycles. The first-order valence-corrected chi connectivity index (χ1v) is 5.28. The summed E-state index contributed by atoms with van der Waals surface area (Å²) < 4.78 is 5.32. The lowest BCUT2D eigenvalue weighted by atomic mass is 9.78. The van der Waals surface area contributed by atoms with Gasteiger partial charge in [-0.3, -0.25) is 0 Å². The molecule has 2 unspecified atom stereocenters. The third kappa shape index (κ3) is 2.03. The van der Waals surface area contributed by atoms with E-state index in [9.17, 15) is 0 Å². The Morgan fingerprint density at radius 2 is 2.23 bits per heavy atom. The SMILES string of the molecule is CC1(NCC2COCC2N)CCC1. The van der Waals surface area contributed by atoms with Gasteiger partial charge in [-0.1, -0.05) is 0 Å². The molecule has 0 bridgehead atoms.